The summed E-state index contributed by atoms with van der Waals surface area (Å²) in [6, 6.07) is 50.3. The molecule has 0 fully saturated rings. The lowest BCUT2D eigenvalue weighted by molar-refractivity contribution is 0.938. The van der Waals surface area contributed by atoms with E-state index in [1.54, 1.807) is 0 Å². The summed E-state index contributed by atoms with van der Waals surface area (Å²) in [6.07, 6.45) is 4.20. The molecule has 0 aliphatic rings. The number of benzene rings is 9. The molecule has 9 aromatic rings. The van der Waals surface area contributed by atoms with E-state index in [0.29, 0.717) is 0 Å². The van der Waals surface area contributed by atoms with E-state index in [2.05, 4.69) is 133 Å². The summed E-state index contributed by atoms with van der Waals surface area (Å²) in [7, 11) is 0. The number of aryl methyl sites for hydroxylation is 4. The van der Waals surface area contributed by atoms with Crippen LogP contribution in [0.1, 0.15) is 22.3 Å². The summed E-state index contributed by atoms with van der Waals surface area (Å²) in [5, 5.41) is 16.5. The minimum absolute atomic E-state index is 1.05. The lowest BCUT2D eigenvalue weighted by Crippen LogP contribution is -1.97. The highest BCUT2D eigenvalue weighted by Crippen LogP contribution is 2.37. The third-order valence-electron chi connectivity index (χ3n) is 9.60. The highest BCUT2D eigenvalue weighted by molar-refractivity contribution is 6.24. The van der Waals surface area contributed by atoms with Gasteiger partial charge in [-0.15, -0.1) is 0 Å². The van der Waals surface area contributed by atoms with Gasteiger partial charge in [-0.1, -0.05) is 133 Å². The van der Waals surface area contributed by atoms with E-state index in [1.807, 2.05) is 0 Å². The molecule has 0 N–H and O–H groups in total. The molecule has 9 aromatic carbocycles. The molecular formula is C42H30. The minimum Gasteiger partial charge on any atom is -0.0617 e. The highest BCUT2D eigenvalue weighted by Gasteiger charge is 2.13. The molecule has 0 aliphatic heterocycles. The average molecular weight is 535 g/mol. The minimum atomic E-state index is 1.05. The monoisotopic (exact) mass is 534 g/mol. The largest absolute Gasteiger partial charge is 0.0617 e. The summed E-state index contributed by atoms with van der Waals surface area (Å²) >= 11 is 0. The molecule has 0 radical (unpaired) electrons. The smallest absolute Gasteiger partial charge is 0.00240 e. The van der Waals surface area contributed by atoms with E-state index >= 15 is 0 Å². The van der Waals surface area contributed by atoms with Gasteiger partial charge in [0.1, 0.15) is 0 Å². The molecule has 42 heavy (non-hydrogen) atoms. The van der Waals surface area contributed by atoms with Crippen LogP contribution in [0.25, 0.3) is 64.6 Å². The topological polar surface area (TPSA) is 0 Å². The Morgan fingerprint density at radius 3 is 1.10 bits per heavy atom. The van der Waals surface area contributed by atoms with Crippen LogP contribution >= 0.6 is 0 Å². The van der Waals surface area contributed by atoms with Crippen molar-refractivity contribution in [2.24, 2.45) is 0 Å². The first-order valence-electron chi connectivity index (χ1n) is 15.2. The van der Waals surface area contributed by atoms with E-state index in [0.717, 1.165) is 25.7 Å². The van der Waals surface area contributed by atoms with Crippen LogP contribution in [-0.2, 0) is 25.7 Å². The molecule has 0 spiro atoms. The van der Waals surface area contributed by atoms with Crippen molar-refractivity contribution in [2.45, 2.75) is 25.7 Å². The fourth-order valence-electron chi connectivity index (χ4n) is 7.53. The van der Waals surface area contributed by atoms with Gasteiger partial charge >= 0.3 is 0 Å². The Balaban J connectivity index is 0.992. The van der Waals surface area contributed by atoms with Crippen molar-refractivity contribution in [1.82, 2.24) is 0 Å². The van der Waals surface area contributed by atoms with Gasteiger partial charge < -0.3 is 0 Å². The lowest BCUT2D eigenvalue weighted by Gasteiger charge is -2.15. The van der Waals surface area contributed by atoms with Crippen LogP contribution in [0.15, 0.2) is 133 Å². The van der Waals surface area contributed by atoms with Crippen LogP contribution in [0.4, 0.5) is 0 Å². The van der Waals surface area contributed by atoms with Gasteiger partial charge in [0.2, 0.25) is 0 Å². The van der Waals surface area contributed by atoms with Crippen molar-refractivity contribution in [3.8, 4) is 0 Å². The second kappa shape index (κ2) is 9.29. The molecule has 0 nitrogen and oxygen atoms in total. The van der Waals surface area contributed by atoms with Crippen LogP contribution in [0, 0.1) is 0 Å². The van der Waals surface area contributed by atoms with Gasteiger partial charge in [-0.05, 0) is 113 Å². The summed E-state index contributed by atoms with van der Waals surface area (Å²) < 4.78 is 0. The summed E-state index contributed by atoms with van der Waals surface area (Å²) in [4.78, 5) is 0. The van der Waals surface area contributed by atoms with Crippen LogP contribution in [0.2, 0.25) is 0 Å². The van der Waals surface area contributed by atoms with Gasteiger partial charge in [-0.3, -0.25) is 0 Å². The molecule has 0 unspecified atom stereocenters. The zero-order valence-electron chi connectivity index (χ0n) is 23.5. The molecule has 0 amide bonds. The Labute approximate surface area is 245 Å². The third kappa shape index (κ3) is 3.68. The molecule has 0 saturated carbocycles. The molecule has 0 aromatic heterocycles. The Hall–Kier alpha value is -4.94. The van der Waals surface area contributed by atoms with Gasteiger partial charge in [-0.25, -0.2) is 0 Å². The van der Waals surface area contributed by atoms with Crippen molar-refractivity contribution in [3.05, 3.63) is 156 Å². The van der Waals surface area contributed by atoms with E-state index in [9.17, 15) is 0 Å². The van der Waals surface area contributed by atoms with Crippen LogP contribution in [0.3, 0.4) is 0 Å². The fraction of sp³-hybridized carbons (Fsp3) is 0.0952. The molecular weight excluding hydrogens is 504 g/mol. The predicted molar refractivity (Wildman–Crippen MR) is 182 cm³/mol. The predicted octanol–water partition coefficient (Wildman–Crippen LogP) is 11.1. The van der Waals surface area contributed by atoms with Crippen LogP contribution in [-0.4, -0.2) is 0 Å². The maximum atomic E-state index is 2.44. The normalized spacial score (nSPS) is 12.2. The Morgan fingerprint density at radius 1 is 0.286 bits per heavy atom. The molecule has 0 saturated heterocycles. The molecule has 0 heteroatoms. The zero-order chi connectivity index (χ0) is 27.6. The quantitative estimate of drug-likeness (QED) is 0.186. The number of hydrogen-bond acceptors (Lipinski definition) is 0. The van der Waals surface area contributed by atoms with Gasteiger partial charge in [0.15, 0.2) is 0 Å². The maximum Gasteiger partial charge on any atom is -0.00240 e. The van der Waals surface area contributed by atoms with Crippen molar-refractivity contribution < 1.29 is 0 Å². The Morgan fingerprint density at radius 2 is 0.643 bits per heavy atom. The first-order valence-corrected chi connectivity index (χ1v) is 15.2. The van der Waals surface area contributed by atoms with Crippen molar-refractivity contribution in [3.63, 3.8) is 0 Å². The second-order valence-corrected chi connectivity index (χ2v) is 12.0. The van der Waals surface area contributed by atoms with E-state index in [4.69, 9.17) is 0 Å². The summed E-state index contributed by atoms with van der Waals surface area (Å²) in [5.74, 6) is 0. The van der Waals surface area contributed by atoms with E-state index in [-0.39, 0.29) is 0 Å². The molecule has 0 atom stereocenters. The Kier molecular flexibility index (Phi) is 5.25. The van der Waals surface area contributed by atoms with E-state index < -0.39 is 0 Å². The zero-order valence-corrected chi connectivity index (χ0v) is 23.5. The van der Waals surface area contributed by atoms with Crippen molar-refractivity contribution in [2.75, 3.05) is 0 Å². The third-order valence-corrected chi connectivity index (χ3v) is 9.60. The summed E-state index contributed by atoms with van der Waals surface area (Å²) in [6.45, 7) is 0. The first kappa shape index (κ1) is 23.7. The van der Waals surface area contributed by atoms with Gasteiger partial charge in [-0.2, -0.15) is 0 Å². The van der Waals surface area contributed by atoms with Crippen LogP contribution in [0.5, 0.6) is 0 Å². The Bertz CT molecular complexity index is 2210. The number of rotatable bonds is 6. The highest BCUT2D eigenvalue weighted by atomic mass is 14.2. The molecule has 198 valence electrons. The second-order valence-electron chi connectivity index (χ2n) is 12.0. The van der Waals surface area contributed by atoms with Crippen molar-refractivity contribution >= 4 is 64.6 Å². The molecule has 0 heterocycles. The van der Waals surface area contributed by atoms with Gasteiger partial charge in [0.25, 0.3) is 0 Å². The number of hydrogen-bond donors (Lipinski definition) is 0. The van der Waals surface area contributed by atoms with E-state index in [1.165, 1.54) is 86.9 Å². The standard InChI is InChI=1S/C42H30/c1-4-27(10-12-29-14-16-35-20-18-31-6-2-8-33-22-24-37(29)41(35)39(31)33)26-28(5-1)11-13-30-15-17-36-21-19-32-7-3-9-34-23-25-38(30)42(36)40(32)34/h1-9,14-26H,10-13H2. The molecule has 0 bridgehead atoms. The molecule has 0 aliphatic carbocycles. The SMILES string of the molecule is c1cc(CCc2ccc3ccc4cccc5ccc2c3c45)cc(CCc2ccc3ccc4cccc5ccc2c3c45)c1. The average Bonchev–Trinajstić information content (AvgIpc) is 3.05. The molecule has 9 rings (SSSR count). The van der Waals surface area contributed by atoms with Crippen molar-refractivity contribution in [1.29, 1.82) is 0 Å². The van der Waals surface area contributed by atoms with Crippen LogP contribution < -0.4 is 0 Å². The first-order chi connectivity index (χ1) is 20.8. The maximum absolute atomic E-state index is 2.44. The van der Waals surface area contributed by atoms with Gasteiger partial charge in [0, 0.05) is 0 Å². The lowest BCUT2D eigenvalue weighted by atomic mass is 9.89. The summed E-state index contributed by atoms with van der Waals surface area (Å²) in [5.41, 5.74) is 5.74. The fourth-order valence-corrected chi connectivity index (χ4v) is 7.53. The van der Waals surface area contributed by atoms with Gasteiger partial charge in [0.05, 0.1) is 0 Å².